The molecule has 0 aliphatic carbocycles. The number of rotatable bonds is 1. The van der Waals surface area contributed by atoms with E-state index in [4.69, 9.17) is 5.11 Å². The van der Waals surface area contributed by atoms with Crippen LogP contribution in [0.5, 0.6) is 5.75 Å². The Morgan fingerprint density at radius 1 is 1.53 bits per heavy atom. The van der Waals surface area contributed by atoms with Gasteiger partial charge in [-0.15, -0.1) is 11.8 Å². The van der Waals surface area contributed by atoms with Gasteiger partial charge < -0.3 is 10.4 Å². The van der Waals surface area contributed by atoms with E-state index in [1.54, 1.807) is 17.8 Å². The molecule has 1 aliphatic rings. The van der Waals surface area contributed by atoms with Gasteiger partial charge in [-0.25, -0.2) is 4.39 Å². The van der Waals surface area contributed by atoms with Crippen molar-refractivity contribution in [3.05, 3.63) is 29.6 Å². The van der Waals surface area contributed by atoms with Crippen molar-refractivity contribution in [2.24, 2.45) is 5.92 Å². The molecule has 0 saturated carbocycles. The van der Waals surface area contributed by atoms with Crippen LogP contribution in [-0.2, 0) is 0 Å². The Labute approximate surface area is 92.9 Å². The summed E-state index contributed by atoms with van der Waals surface area (Å²) in [5.41, 5.74) is 0.891. The van der Waals surface area contributed by atoms with Gasteiger partial charge >= 0.3 is 0 Å². The van der Waals surface area contributed by atoms with Gasteiger partial charge in [-0.05, 0) is 35.9 Å². The molecule has 0 aromatic heterocycles. The van der Waals surface area contributed by atoms with Gasteiger partial charge in [-0.3, -0.25) is 0 Å². The molecule has 82 valence electrons. The number of benzene rings is 1. The van der Waals surface area contributed by atoms with Gasteiger partial charge in [0.1, 0.15) is 0 Å². The fraction of sp³-hybridized carbons (Fsp3) is 0.455. The molecule has 1 fully saturated rings. The van der Waals surface area contributed by atoms with Crippen molar-refractivity contribution in [1.82, 2.24) is 5.32 Å². The highest BCUT2D eigenvalue weighted by Crippen LogP contribution is 2.32. The van der Waals surface area contributed by atoms with Crippen LogP contribution in [0.15, 0.2) is 18.2 Å². The van der Waals surface area contributed by atoms with Crippen molar-refractivity contribution in [3.8, 4) is 5.75 Å². The predicted molar refractivity (Wildman–Crippen MR) is 60.4 cm³/mol. The van der Waals surface area contributed by atoms with Crippen LogP contribution in [0.3, 0.4) is 0 Å². The molecule has 1 heterocycles. The Kier molecular flexibility index (Phi) is 3.17. The lowest BCUT2D eigenvalue weighted by Gasteiger charge is -2.27. The second-order valence-corrected chi connectivity index (χ2v) is 5.08. The van der Waals surface area contributed by atoms with Crippen molar-refractivity contribution in [2.45, 2.75) is 12.3 Å². The van der Waals surface area contributed by atoms with E-state index < -0.39 is 5.82 Å². The monoisotopic (exact) mass is 227 g/mol. The second-order valence-electron chi connectivity index (χ2n) is 3.94. The molecule has 2 rings (SSSR count). The molecule has 0 spiro atoms. The Morgan fingerprint density at radius 2 is 2.33 bits per heavy atom. The minimum atomic E-state index is -0.548. The summed E-state index contributed by atoms with van der Waals surface area (Å²) in [5, 5.41) is 12.6. The van der Waals surface area contributed by atoms with Crippen LogP contribution in [0.2, 0.25) is 0 Å². The number of hydrogen-bond donors (Lipinski definition) is 2. The molecule has 0 radical (unpaired) electrons. The summed E-state index contributed by atoms with van der Waals surface area (Å²) in [4.78, 5) is 0. The first kappa shape index (κ1) is 10.8. The fourth-order valence-corrected chi connectivity index (χ4v) is 2.78. The number of phenolic OH excluding ortho intramolecular Hbond substituents is 1. The van der Waals surface area contributed by atoms with Crippen LogP contribution < -0.4 is 5.32 Å². The lowest BCUT2D eigenvalue weighted by Crippen LogP contribution is -2.31. The van der Waals surface area contributed by atoms with Crippen LogP contribution in [0.1, 0.15) is 17.9 Å². The molecule has 2 nitrogen and oxygen atoms in total. The first-order chi connectivity index (χ1) is 7.16. The fourth-order valence-electron chi connectivity index (χ4n) is 1.59. The van der Waals surface area contributed by atoms with E-state index in [1.165, 1.54) is 12.1 Å². The van der Waals surface area contributed by atoms with E-state index in [0.29, 0.717) is 5.92 Å². The Hall–Kier alpha value is -0.740. The number of aromatic hydroxyl groups is 1. The van der Waals surface area contributed by atoms with Crippen molar-refractivity contribution in [1.29, 1.82) is 0 Å². The normalized spacial score (nSPS) is 26.5. The summed E-state index contributed by atoms with van der Waals surface area (Å²) in [5.74, 6) is 0.912. The average Bonchev–Trinajstić information content (AvgIpc) is 2.23. The molecular formula is C11H14FNOS. The molecule has 1 saturated heterocycles. The zero-order valence-electron chi connectivity index (χ0n) is 8.53. The van der Waals surface area contributed by atoms with E-state index in [-0.39, 0.29) is 11.1 Å². The second kappa shape index (κ2) is 4.41. The molecule has 4 heteroatoms. The summed E-state index contributed by atoms with van der Waals surface area (Å²) in [6.45, 7) is 3.15. The number of hydrogen-bond acceptors (Lipinski definition) is 3. The van der Waals surface area contributed by atoms with Gasteiger partial charge in [0.2, 0.25) is 0 Å². The maximum atomic E-state index is 13.1. The molecule has 0 amide bonds. The zero-order valence-corrected chi connectivity index (χ0v) is 9.35. The van der Waals surface area contributed by atoms with Gasteiger partial charge in [0.25, 0.3) is 0 Å². The first-order valence-corrected chi connectivity index (χ1v) is 6.05. The standard InChI is InChI=1S/C11H14FNOS/c1-7-5-13-11(15-6-7)8-2-3-10(14)9(12)4-8/h2-4,7,11,13-14H,5-6H2,1H3. The number of halogens is 1. The van der Waals surface area contributed by atoms with Crippen molar-refractivity contribution >= 4 is 11.8 Å². The zero-order chi connectivity index (χ0) is 10.8. The quantitative estimate of drug-likeness (QED) is 0.773. The number of thioether (sulfide) groups is 1. The van der Waals surface area contributed by atoms with Crippen LogP contribution in [0.25, 0.3) is 0 Å². The molecule has 2 atom stereocenters. The Balaban J connectivity index is 2.12. The van der Waals surface area contributed by atoms with E-state index >= 15 is 0 Å². The first-order valence-electron chi connectivity index (χ1n) is 5.00. The summed E-state index contributed by atoms with van der Waals surface area (Å²) < 4.78 is 13.1. The lowest BCUT2D eigenvalue weighted by molar-refractivity contribution is 0.431. The van der Waals surface area contributed by atoms with Crippen LogP contribution in [-0.4, -0.2) is 17.4 Å². The SMILES string of the molecule is CC1CNC(c2ccc(O)c(F)c2)SC1. The Morgan fingerprint density at radius 3 is 2.93 bits per heavy atom. The highest BCUT2D eigenvalue weighted by atomic mass is 32.2. The predicted octanol–water partition coefficient (Wildman–Crippen LogP) is 2.50. The molecule has 1 aromatic rings. The molecule has 0 bridgehead atoms. The molecule has 15 heavy (non-hydrogen) atoms. The minimum absolute atomic E-state index is 0.149. The summed E-state index contributed by atoms with van der Waals surface area (Å²) in [7, 11) is 0. The van der Waals surface area contributed by atoms with Crippen LogP contribution in [0, 0.1) is 11.7 Å². The van der Waals surface area contributed by atoms with Gasteiger partial charge in [-0.1, -0.05) is 13.0 Å². The van der Waals surface area contributed by atoms with Crippen LogP contribution in [0.4, 0.5) is 4.39 Å². The highest BCUT2D eigenvalue weighted by molar-refractivity contribution is 7.99. The number of phenols is 1. The van der Waals surface area contributed by atoms with Gasteiger partial charge in [0.05, 0.1) is 5.37 Å². The summed E-state index contributed by atoms with van der Waals surface area (Å²) in [6, 6.07) is 4.57. The van der Waals surface area contributed by atoms with E-state index in [0.717, 1.165) is 17.9 Å². The largest absolute Gasteiger partial charge is 0.505 e. The third-order valence-electron chi connectivity index (χ3n) is 2.47. The molecule has 2 unspecified atom stereocenters. The maximum Gasteiger partial charge on any atom is 0.165 e. The average molecular weight is 227 g/mol. The molecule has 1 aliphatic heterocycles. The van der Waals surface area contributed by atoms with Crippen molar-refractivity contribution < 1.29 is 9.50 Å². The molecular weight excluding hydrogens is 213 g/mol. The molecule has 1 aromatic carbocycles. The van der Waals surface area contributed by atoms with Crippen molar-refractivity contribution in [2.75, 3.05) is 12.3 Å². The molecule has 2 N–H and O–H groups in total. The highest BCUT2D eigenvalue weighted by Gasteiger charge is 2.20. The Bertz CT molecular complexity index is 350. The van der Waals surface area contributed by atoms with E-state index in [9.17, 15) is 4.39 Å². The third kappa shape index (κ3) is 2.44. The van der Waals surface area contributed by atoms with Crippen LogP contribution >= 0.6 is 11.8 Å². The maximum absolute atomic E-state index is 13.1. The number of nitrogens with one attached hydrogen (secondary N) is 1. The smallest absolute Gasteiger partial charge is 0.165 e. The third-order valence-corrected chi connectivity index (χ3v) is 4.01. The van der Waals surface area contributed by atoms with Gasteiger partial charge in [0, 0.05) is 0 Å². The summed E-state index contributed by atoms with van der Waals surface area (Å²) in [6.07, 6.45) is 0. The minimum Gasteiger partial charge on any atom is -0.505 e. The lowest BCUT2D eigenvalue weighted by atomic mass is 10.1. The van der Waals surface area contributed by atoms with Gasteiger partial charge in [-0.2, -0.15) is 0 Å². The van der Waals surface area contributed by atoms with Crippen molar-refractivity contribution in [3.63, 3.8) is 0 Å². The van der Waals surface area contributed by atoms with E-state index in [1.807, 2.05) is 0 Å². The topological polar surface area (TPSA) is 32.3 Å². The van der Waals surface area contributed by atoms with Gasteiger partial charge in [0.15, 0.2) is 11.6 Å². The van der Waals surface area contributed by atoms with E-state index in [2.05, 4.69) is 12.2 Å². The summed E-state index contributed by atoms with van der Waals surface area (Å²) >= 11 is 1.78.